The summed E-state index contributed by atoms with van der Waals surface area (Å²) >= 11 is 0. The van der Waals surface area contributed by atoms with E-state index in [9.17, 15) is 9.59 Å². The molecule has 0 unspecified atom stereocenters. The second-order valence-electron chi connectivity index (χ2n) is 8.46. The van der Waals surface area contributed by atoms with Crippen molar-refractivity contribution in [1.29, 1.82) is 0 Å². The Bertz CT molecular complexity index is 1350. The van der Waals surface area contributed by atoms with Gasteiger partial charge >= 0.3 is 0 Å². The van der Waals surface area contributed by atoms with Gasteiger partial charge in [0.05, 0.1) is 12.0 Å². The fourth-order valence-corrected chi connectivity index (χ4v) is 5.20. The van der Waals surface area contributed by atoms with Crippen LogP contribution >= 0.6 is 0 Å². The molecular weight excluding hydrogens is 396 g/mol. The topological polar surface area (TPSA) is 40.6 Å². The second-order valence-corrected chi connectivity index (χ2v) is 8.46. The van der Waals surface area contributed by atoms with Gasteiger partial charge in [-0.3, -0.25) is 9.59 Å². The summed E-state index contributed by atoms with van der Waals surface area (Å²) in [5, 5.41) is 5.62. The molecule has 6 rings (SSSR count). The molecule has 4 aromatic rings. The number of imide groups is 1. The van der Waals surface area contributed by atoms with Crippen LogP contribution in [0.2, 0.25) is 0 Å². The van der Waals surface area contributed by atoms with Crippen molar-refractivity contribution in [3.05, 3.63) is 119 Å². The highest BCUT2D eigenvalue weighted by molar-refractivity contribution is 6.07. The van der Waals surface area contributed by atoms with E-state index in [1.807, 2.05) is 53.5 Å². The molecule has 2 atom stereocenters. The van der Waals surface area contributed by atoms with Crippen molar-refractivity contribution in [2.75, 3.05) is 6.54 Å². The molecule has 1 fully saturated rings. The number of hydrogen-bond acceptors (Lipinski definition) is 3. The minimum absolute atomic E-state index is 0.157. The molecule has 2 aliphatic heterocycles. The lowest BCUT2D eigenvalue weighted by atomic mass is 9.82. The lowest BCUT2D eigenvalue weighted by Gasteiger charge is -2.36. The molecule has 2 amide bonds. The Balaban J connectivity index is 1.51. The molecule has 1 saturated heterocycles. The maximum Gasteiger partial charge on any atom is 0.275 e. The molecular formula is C28H22N2O2. The Morgan fingerprint density at radius 2 is 1.50 bits per heavy atom. The van der Waals surface area contributed by atoms with E-state index in [1.165, 1.54) is 10.6 Å². The number of rotatable bonds is 2. The van der Waals surface area contributed by atoms with Gasteiger partial charge in [-0.1, -0.05) is 84.9 Å². The first-order chi connectivity index (χ1) is 15.7. The van der Waals surface area contributed by atoms with Gasteiger partial charge in [-0.25, -0.2) is 10.0 Å². The summed E-state index contributed by atoms with van der Waals surface area (Å²) < 4.78 is 0. The van der Waals surface area contributed by atoms with Gasteiger partial charge in [0.2, 0.25) is 0 Å². The van der Waals surface area contributed by atoms with Gasteiger partial charge in [0, 0.05) is 12.1 Å². The molecule has 0 bridgehead atoms. The fourth-order valence-electron chi connectivity index (χ4n) is 5.20. The molecule has 0 radical (unpaired) electrons. The Kier molecular flexibility index (Phi) is 4.40. The van der Waals surface area contributed by atoms with Crippen LogP contribution in [0.5, 0.6) is 0 Å². The zero-order chi connectivity index (χ0) is 21.7. The number of fused-ring (bicyclic) bond motifs is 4. The number of nitrogens with zero attached hydrogens (tertiary/aromatic N) is 2. The molecule has 4 aromatic carbocycles. The lowest BCUT2D eigenvalue weighted by molar-refractivity contribution is -0.134. The molecule has 0 saturated carbocycles. The zero-order valence-corrected chi connectivity index (χ0v) is 17.5. The number of hydrazine groups is 1. The number of carbonyl (C=O) groups excluding carboxylic acids is 2. The van der Waals surface area contributed by atoms with Gasteiger partial charge in [-0.05, 0) is 46.0 Å². The van der Waals surface area contributed by atoms with Gasteiger partial charge in [-0.2, -0.15) is 0 Å². The van der Waals surface area contributed by atoms with Crippen LogP contribution in [0.3, 0.4) is 0 Å². The van der Waals surface area contributed by atoms with Crippen LogP contribution in [-0.2, 0) is 11.2 Å². The third-order valence-electron chi connectivity index (χ3n) is 6.70. The van der Waals surface area contributed by atoms with E-state index < -0.39 is 5.92 Å². The van der Waals surface area contributed by atoms with Crippen molar-refractivity contribution in [2.24, 2.45) is 0 Å². The highest BCUT2D eigenvalue weighted by Crippen LogP contribution is 2.48. The summed E-state index contributed by atoms with van der Waals surface area (Å²) in [5.41, 5.74) is 3.86. The number of amides is 2. The summed E-state index contributed by atoms with van der Waals surface area (Å²) in [6.07, 6.45) is 0.808. The van der Waals surface area contributed by atoms with Crippen LogP contribution in [0.1, 0.15) is 39.0 Å². The highest BCUT2D eigenvalue weighted by atomic mass is 16.2. The van der Waals surface area contributed by atoms with E-state index in [1.54, 1.807) is 12.1 Å². The first-order valence-corrected chi connectivity index (χ1v) is 11.0. The van der Waals surface area contributed by atoms with Crippen molar-refractivity contribution in [3.8, 4) is 0 Å². The molecule has 0 N–H and O–H groups in total. The molecule has 0 aromatic heterocycles. The summed E-state index contributed by atoms with van der Waals surface area (Å²) in [4.78, 5) is 27.4. The van der Waals surface area contributed by atoms with Crippen LogP contribution in [-0.4, -0.2) is 28.4 Å². The van der Waals surface area contributed by atoms with E-state index in [2.05, 4.69) is 36.4 Å². The van der Waals surface area contributed by atoms with Crippen molar-refractivity contribution < 1.29 is 9.59 Å². The van der Waals surface area contributed by atoms with E-state index in [4.69, 9.17) is 0 Å². The number of carbonyl (C=O) groups is 2. The summed E-state index contributed by atoms with van der Waals surface area (Å²) in [5.74, 6) is -0.854. The maximum atomic E-state index is 13.9. The van der Waals surface area contributed by atoms with Crippen molar-refractivity contribution in [3.63, 3.8) is 0 Å². The maximum absolute atomic E-state index is 13.9. The van der Waals surface area contributed by atoms with Crippen LogP contribution in [0.25, 0.3) is 10.8 Å². The molecule has 4 nitrogen and oxygen atoms in total. The smallest absolute Gasteiger partial charge is 0.272 e. The van der Waals surface area contributed by atoms with Crippen molar-refractivity contribution in [1.82, 2.24) is 10.0 Å². The van der Waals surface area contributed by atoms with Gasteiger partial charge in [0.25, 0.3) is 11.8 Å². The third kappa shape index (κ3) is 2.88. The Hall–Kier alpha value is -3.76. The quantitative estimate of drug-likeness (QED) is 0.424. The predicted octanol–water partition coefficient (Wildman–Crippen LogP) is 5.12. The summed E-state index contributed by atoms with van der Waals surface area (Å²) in [6, 6.07) is 31.6. The van der Waals surface area contributed by atoms with Crippen LogP contribution in [0.15, 0.2) is 97.1 Å². The Labute approximate surface area is 186 Å². The third-order valence-corrected chi connectivity index (χ3v) is 6.70. The molecule has 2 heterocycles. The largest absolute Gasteiger partial charge is 0.275 e. The van der Waals surface area contributed by atoms with Gasteiger partial charge < -0.3 is 0 Å². The highest BCUT2D eigenvalue weighted by Gasteiger charge is 2.52. The average Bonchev–Trinajstić information content (AvgIpc) is 3.16. The number of hydrogen-bond donors (Lipinski definition) is 0. The van der Waals surface area contributed by atoms with Crippen LogP contribution in [0.4, 0.5) is 0 Å². The molecule has 0 spiro atoms. The minimum Gasteiger partial charge on any atom is -0.272 e. The van der Waals surface area contributed by atoms with Gasteiger partial charge in [0.15, 0.2) is 0 Å². The molecule has 2 aliphatic rings. The zero-order valence-electron chi connectivity index (χ0n) is 17.5. The molecule has 156 valence electrons. The Morgan fingerprint density at radius 3 is 2.34 bits per heavy atom. The van der Waals surface area contributed by atoms with Gasteiger partial charge in [0.1, 0.15) is 0 Å². The average molecular weight is 418 g/mol. The van der Waals surface area contributed by atoms with E-state index in [-0.39, 0.29) is 17.9 Å². The summed E-state index contributed by atoms with van der Waals surface area (Å²) in [6.45, 7) is 0.635. The van der Waals surface area contributed by atoms with E-state index >= 15 is 0 Å². The van der Waals surface area contributed by atoms with Crippen molar-refractivity contribution >= 4 is 22.6 Å². The monoisotopic (exact) mass is 418 g/mol. The van der Waals surface area contributed by atoms with Gasteiger partial charge in [-0.15, -0.1) is 0 Å². The standard InChI is InChI=1S/C28H22N2O2/c31-27(21-10-2-1-3-11-21)30-28(32)25(23-15-14-19-8-4-5-12-22(19)18-23)26-24-13-7-6-9-20(24)16-17-29(26)30/h1-15,18,25-26H,16-17H2/t25-,26-/m0/s1. The number of benzene rings is 4. The molecule has 4 heteroatoms. The van der Waals surface area contributed by atoms with Crippen LogP contribution < -0.4 is 0 Å². The minimum atomic E-state index is -0.436. The summed E-state index contributed by atoms with van der Waals surface area (Å²) in [7, 11) is 0. The fraction of sp³-hybridized carbons (Fsp3) is 0.143. The first-order valence-electron chi connectivity index (χ1n) is 11.0. The molecule has 0 aliphatic carbocycles. The van der Waals surface area contributed by atoms with Crippen molar-refractivity contribution in [2.45, 2.75) is 18.4 Å². The molecule has 32 heavy (non-hydrogen) atoms. The first kappa shape index (κ1) is 19.0. The predicted molar refractivity (Wildman–Crippen MR) is 124 cm³/mol. The SMILES string of the molecule is O=C(c1ccccc1)N1C(=O)[C@@H](c2ccc3ccccc3c2)[C@@H]2c3ccccc3CCN21. The lowest BCUT2D eigenvalue weighted by Crippen LogP contribution is -2.46. The van der Waals surface area contributed by atoms with E-state index in [0.29, 0.717) is 12.1 Å². The normalized spacial score (nSPS) is 20.2. The van der Waals surface area contributed by atoms with E-state index in [0.717, 1.165) is 28.3 Å². The van der Waals surface area contributed by atoms with Crippen LogP contribution in [0, 0.1) is 0 Å². The second kappa shape index (κ2) is 7.43. The Morgan fingerprint density at radius 1 is 0.781 bits per heavy atom.